The lowest BCUT2D eigenvalue weighted by molar-refractivity contribution is 0.181. The SMILES string of the molecule is CCNC(=NCc1ccc2c(c1)CCC2)N(C)CC1CCOC1. The van der Waals surface area contributed by atoms with Gasteiger partial charge in [0.05, 0.1) is 13.2 Å². The molecule has 3 rings (SSSR count). The summed E-state index contributed by atoms with van der Waals surface area (Å²) >= 11 is 0. The number of aryl methyl sites for hydroxylation is 2. The van der Waals surface area contributed by atoms with Gasteiger partial charge in [-0.1, -0.05) is 18.2 Å². The number of rotatable bonds is 5. The highest BCUT2D eigenvalue weighted by Crippen LogP contribution is 2.23. The van der Waals surface area contributed by atoms with E-state index in [0.717, 1.165) is 45.2 Å². The van der Waals surface area contributed by atoms with E-state index in [1.165, 1.54) is 36.0 Å². The molecule has 4 heteroatoms. The van der Waals surface area contributed by atoms with Gasteiger partial charge in [-0.25, -0.2) is 4.99 Å². The first kappa shape index (κ1) is 16.3. The molecule has 0 saturated carbocycles. The maximum absolute atomic E-state index is 5.48. The number of guanidine groups is 1. The molecule has 2 aliphatic rings. The number of benzene rings is 1. The quantitative estimate of drug-likeness (QED) is 0.670. The third-order valence-electron chi connectivity index (χ3n) is 4.83. The van der Waals surface area contributed by atoms with E-state index in [1.54, 1.807) is 0 Å². The molecule has 1 aliphatic heterocycles. The molecule has 126 valence electrons. The standard InChI is InChI=1S/C19H29N3O/c1-3-20-19(22(2)13-16-9-10-23-14-16)21-12-15-7-8-17-5-4-6-18(17)11-15/h7-8,11,16H,3-6,9-10,12-14H2,1-2H3,(H,20,21). The summed E-state index contributed by atoms with van der Waals surface area (Å²) in [5, 5.41) is 3.41. The molecule has 1 N–H and O–H groups in total. The number of fused-ring (bicyclic) bond motifs is 1. The van der Waals surface area contributed by atoms with Crippen molar-refractivity contribution in [1.82, 2.24) is 10.2 Å². The minimum absolute atomic E-state index is 0.629. The summed E-state index contributed by atoms with van der Waals surface area (Å²) < 4.78 is 5.48. The lowest BCUT2D eigenvalue weighted by Crippen LogP contribution is -2.41. The van der Waals surface area contributed by atoms with Gasteiger partial charge in [0, 0.05) is 32.7 Å². The van der Waals surface area contributed by atoms with Gasteiger partial charge in [-0.2, -0.15) is 0 Å². The summed E-state index contributed by atoms with van der Waals surface area (Å²) in [6, 6.07) is 6.88. The van der Waals surface area contributed by atoms with Gasteiger partial charge in [-0.15, -0.1) is 0 Å². The lowest BCUT2D eigenvalue weighted by atomic mass is 10.1. The summed E-state index contributed by atoms with van der Waals surface area (Å²) in [6.45, 7) is 6.57. The van der Waals surface area contributed by atoms with Gasteiger partial charge in [0.25, 0.3) is 0 Å². The zero-order chi connectivity index (χ0) is 16.1. The van der Waals surface area contributed by atoms with Crippen LogP contribution in [0.3, 0.4) is 0 Å². The van der Waals surface area contributed by atoms with Crippen molar-refractivity contribution in [3.05, 3.63) is 34.9 Å². The van der Waals surface area contributed by atoms with Gasteiger partial charge in [0.15, 0.2) is 5.96 Å². The maximum atomic E-state index is 5.48. The Morgan fingerprint density at radius 2 is 2.22 bits per heavy atom. The fourth-order valence-corrected chi connectivity index (χ4v) is 3.56. The first-order valence-electron chi connectivity index (χ1n) is 8.94. The van der Waals surface area contributed by atoms with E-state index in [2.05, 4.69) is 42.4 Å². The maximum Gasteiger partial charge on any atom is 0.193 e. The summed E-state index contributed by atoms with van der Waals surface area (Å²) in [5.74, 6) is 1.63. The molecule has 1 aromatic rings. The Morgan fingerprint density at radius 3 is 3.00 bits per heavy atom. The summed E-state index contributed by atoms with van der Waals surface area (Å²) in [5.41, 5.74) is 4.38. The molecule has 0 amide bonds. The molecule has 1 atom stereocenters. The second-order valence-electron chi connectivity index (χ2n) is 6.74. The normalized spacial score (nSPS) is 20.6. The van der Waals surface area contributed by atoms with E-state index in [0.29, 0.717) is 5.92 Å². The van der Waals surface area contributed by atoms with E-state index < -0.39 is 0 Å². The van der Waals surface area contributed by atoms with E-state index in [1.807, 2.05) is 0 Å². The number of aliphatic imine (C=N–C) groups is 1. The Labute approximate surface area is 139 Å². The molecule has 23 heavy (non-hydrogen) atoms. The number of ether oxygens (including phenoxy) is 1. The molecule has 1 aliphatic carbocycles. The van der Waals surface area contributed by atoms with Crippen molar-refractivity contribution in [2.45, 2.75) is 39.2 Å². The van der Waals surface area contributed by atoms with Gasteiger partial charge in [-0.05, 0) is 49.3 Å². The molecular weight excluding hydrogens is 286 g/mol. The van der Waals surface area contributed by atoms with E-state index in [-0.39, 0.29) is 0 Å². The van der Waals surface area contributed by atoms with Crippen LogP contribution in [0.1, 0.15) is 36.5 Å². The molecule has 1 fully saturated rings. The first-order valence-corrected chi connectivity index (χ1v) is 8.94. The van der Waals surface area contributed by atoms with Gasteiger partial charge >= 0.3 is 0 Å². The third-order valence-corrected chi connectivity index (χ3v) is 4.83. The molecule has 0 radical (unpaired) electrons. The summed E-state index contributed by atoms with van der Waals surface area (Å²) in [4.78, 5) is 7.09. The molecule has 1 unspecified atom stereocenters. The zero-order valence-corrected chi connectivity index (χ0v) is 14.5. The fourth-order valence-electron chi connectivity index (χ4n) is 3.56. The predicted octanol–water partition coefficient (Wildman–Crippen LogP) is 2.61. The third kappa shape index (κ3) is 4.25. The smallest absolute Gasteiger partial charge is 0.193 e. The highest BCUT2D eigenvalue weighted by Gasteiger charge is 2.19. The highest BCUT2D eigenvalue weighted by molar-refractivity contribution is 5.79. The van der Waals surface area contributed by atoms with Gasteiger partial charge < -0.3 is 15.0 Å². The largest absolute Gasteiger partial charge is 0.381 e. The minimum atomic E-state index is 0.629. The number of nitrogens with zero attached hydrogens (tertiary/aromatic N) is 2. The second kappa shape index (κ2) is 7.82. The molecule has 1 heterocycles. The highest BCUT2D eigenvalue weighted by atomic mass is 16.5. The van der Waals surface area contributed by atoms with E-state index in [4.69, 9.17) is 9.73 Å². The van der Waals surface area contributed by atoms with Crippen molar-refractivity contribution in [3.8, 4) is 0 Å². The number of nitrogens with one attached hydrogen (secondary N) is 1. The molecule has 0 bridgehead atoms. The average molecular weight is 315 g/mol. The molecule has 0 spiro atoms. The summed E-state index contributed by atoms with van der Waals surface area (Å²) in [7, 11) is 2.13. The van der Waals surface area contributed by atoms with Crippen LogP contribution in [0.25, 0.3) is 0 Å². The van der Waals surface area contributed by atoms with Crippen LogP contribution in [-0.2, 0) is 24.1 Å². The number of hydrogen-bond donors (Lipinski definition) is 1. The average Bonchev–Trinajstić information content (AvgIpc) is 3.21. The molecular formula is C19H29N3O. The molecule has 1 saturated heterocycles. The Kier molecular flexibility index (Phi) is 5.55. The topological polar surface area (TPSA) is 36.9 Å². The zero-order valence-electron chi connectivity index (χ0n) is 14.5. The summed E-state index contributed by atoms with van der Waals surface area (Å²) in [6.07, 6.45) is 4.94. The molecule has 0 aromatic heterocycles. The van der Waals surface area contributed by atoms with Crippen LogP contribution in [-0.4, -0.2) is 44.2 Å². The van der Waals surface area contributed by atoms with Crippen molar-refractivity contribution in [1.29, 1.82) is 0 Å². The van der Waals surface area contributed by atoms with Crippen LogP contribution in [0.15, 0.2) is 23.2 Å². The van der Waals surface area contributed by atoms with Crippen LogP contribution in [0, 0.1) is 5.92 Å². The van der Waals surface area contributed by atoms with Gasteiger partial charge in [0.2, 0.25) is 0 Å². The number of hydrogen-bond acceptors (Lipinski definition) is 2. The van der Waals surface area contributed by atoms with Crippen LogP contribution >= 0.6 is 0 Å². The van der Waals surface area contributed by atoms with Crippen molar-refractivity contribution in [2.75, 3.05) is 33.4 Å². The fraction of sp³-hybridized carbons (Fsp3) is 0.632. The Morgan fingerprint density at radius 1 is 1.35 bits per heavy atom. The van der Waals surface area contributed by atoms with E-state index >= 15 is 0 Å². The van der Waals surface area contributed by atoms with Gasteiger partial charge in [-0.3, -0.25) is 0 Å². The van der Waals surface area contributed by atoms with Crippen molar-refractivity contribution >= 4 is 5.96 Å². The second-order valence-corrected chi connectivity index (χ2v) is 6.74. The Balaban J connectivity index is 1.63. The monoisotopic (exact) mass is 315 g/mol. The van der Waals surface area contributed by atoms with Crippen LogP contribution in [0.4, 0.5) is 0 Å². The predicted molar refractivity (Wildman–Crippen MR) is 94.8 cm³/mol. The first-order chi connectivity index (χ1) is 11.3. The minimum Gasteiger partial charge on any atom is -0.381 e. The van der Waals surface area contributed by atoms with Gasteiger partial charge in [0.1, 0.15) is 0 Å². The Hall–Kier alpha value is -1.55. The molecule has 1 aromatic carbocycles. The van der Waals surface area contributed by atoms with Crippen molar-refractivity contribution < 1.29 is 4.74 Å². The Bertz CT molecular complexity index is 550. The van der Waals surface area contributed by atoms with Crippen LogP contribution in [0.5, 0.6) is 0 Å². The van der Waals surface area contributed by atoms with E-state index in [9.17, 15) is 0 Å². The van der Waals surface area contributed by atoms with Crippen molar-refractivity contribution in [3.63, 3.8) is 0 Å². The molecule has 4 nitrogen and oxygen atoms in total. The van der Waals surface area contributed by atoms with Crippen LogP contribution < -0.4 is 5.32 Å². The van der Waals surface area contributed by atoms with Crippen molar-refractivity contribution in [2.24, 2.45) is 10.9 Å². The lowest BCUT2D eigenvalue weighted by Gasteiger charge is -2.24. The van der Waals surface area contributed by atoms with Crippen LogP contribution in [0.2, 0.25) is 0 Å².